The van der Waals surface area contributed by atoms with Crippen LogP contribution in [0.3, 0.4) is 0 Å². The molecule has 0 unspecified atom stereocenters. The summed E-state index contributed by atoms with van der Waals surface area (Å²) in [6, 6.07) is 8.26. The molecule has 0 radical (unpaired) electrons. The van der Waals surface area contributed by atoms with Gasteiger partial charge in [0.2, 0.25) is 0 Å². The molecule has 2 heteroatoms. The minimum Gasteiger partial charge on any atom is -0.490 e. The number of benzene rings is 1. The molecule has 0 aliphatic heterocycles. The third-order valence-corrected chi connectivity index (χ3v) is 9.86. The standard InChI is InChI=1S/C44H82O2/c1-3-5-7-9-11-13-15-17-19-21-23-25-27-29-31-33-37-41-45-43-39-35-36-40-44(43)46-42-38-34-32-30-28-26-24-22-20-18-16-14-12-10-8-6-4-2/h35-36,39-40H,3-34,37-38,41-42H2,1-2H3. The average Bonchev–Trinajstić information content (AvgIpc) is 3.07. The molecule has 0 aliphatic rings. The molecule has 0 N–H and O–H groups in total. The van der Waals surface area contributed by atoms with Gasteiger partial charge in [0.1, 0.15) is 0 Å². The van der Waals surface area contributed by atoms with Crippen molar-refractivity contribution in [2.75, 3.05) is 13.2 Å². The summed E-state index contributed by atoms with van der Waals surface area (Å²) in [6.45, 7) is 6.21. The highest BCUT2D eigenvalue weighted by Crippen LogP contribution is 2.27. The van der Waals surface area contributed by atoms with Crippen LogP contribution in [0.5, 0.6) is 11.5 Å². The predicted octanol–water partition coefficient (Wildman–Crippen LogP) is 15.7. The van der Waals surface area contributed by atoms with Crippen molar-refractivity contribution in [1.29, 1.82) is 0 Å². The van der Waals surface area contributed by atoms with Gasteiger partial charge in [0.25, 0.3) is 0 Å². The fraction of sp³-hybridized carbons (Fsp3) is 0.864. The second-order valence-corrected chi connectivity index (χ2v) is 14.5. The molecular formula is C44H82O2. The van der Waals surface area contributed by atoms with Crippen molar-refractivity contribution in [3.05, 3.63) is 24.3 Å². The van der Waals surface area contributed by atoms with Crippen LogP contribution < -0.4 is 9.47 Å². The molecule has 0 atom stereocenters. The van der Waals surface area contributed by atoms with Gasteiger partial charge in [-0.3, -0.25) is 0 Å². The van der Waals surface area contributed by atoms with Gasteiger partial charge in [-0.1, -0.05) is 231 Å². The lowest BCUT2D eigenvalue weighted by atomic mass is 10.0. The van der Waals surface area contributed by atoms with Crippen molar-refractivity contribution in [3.63, 3.8) is 0 Å². The van der Waals surface area contributed by atoms with Crippen molar-refractivity contribution in [3.8, 4) is 11.5 Å². The maximum Gasteiger partial charge on any atom is 0.161 e. The summed E-state index contributed by atoms with van der Waals surface area (Å²) in [6.07, 6.45) is 47.8. The van der Waals surface area contributed by atoms with Crippen molar-refractivity contribution in [2.45, 2.75) is 232 Å². The molecule has 1 aromatic rings. The van der Waals surface area contributed by atoms with E-state index in [-0.39, 0.29) is 0 Å². The Hall–Kier alpha value is -1.18. The molecule has 0 aliphatic carbocycles. The summed E-state index contributed by atoms with van der Waals surface area (Å²) in [5, 5.41) is 0. The first-order chi connectivity index (χ1) is 22.9. The van der Waals surface area contributed by atoms with Crippen LogP contribution in [0.15, 0.2) is 24.3 Å². The third-order valence-electron chi connectivity index (χ3n) is 9.86. The highest BCUT2D eigenvalue weighted by molar-refractivity contribution is 5.39. The van der Waals surface area contributed by atoms with Gasteiger partial charge in [-0.15, -0.1) is 0 Å². The van der Waals surface area contributed by atoms with Gasteiger partial charge in [0.05, 0.1) is 13.2 Å². The summed E-state index contributed by atoms with van der Waals surface area (Å²) in [5.41, 5.74) is 0. The molecular weight excluding hydrogens is 560 g/mol. The molecule has 0 saturated heterocycles. The zero-order valence-corrected chi connectivity index (χ0v) is 31.6. The normalized spacial score (nSPS) is 11.3. The molecule has 270 valence electrons. The van der Waals surface area contributed by atoms with Crippen LogP contribution in [0.2, 0.25) is 0 Å². The monoisotopic (exact) mass is 643 g/mol. The Kier molecular flexibility index (Phi) is 34.1. The summed E-state index contributed by atoms with van der Waals surface area (Å²) in [7, 11) is 0. The van der Waals surface area contributed by atoms with E-state index in [0.717, 1.165) is 37.6 Å². The first-order valence-corrected chi connectivity index (χ1v) is 21.2. The maximum atomic E-state index is 6.12. The second-order valence-electron chi connectivity index (χ2n) is 14.5. The average molecular weight is 643 g/mol. The van der Waals surface area contributed by atoms with E-state index in [2.05, 4.69) is 38.1 Å². The van der Waals surface area contributed by atoms with Crippen LogP contribution in [0.4, 0.5) is 0 Å². The fourth-order valence-corrected chi connectivity index (χ4v) is 6.71. The minimum atomic E-state index is 0.804. The topological polar surface area (TPSA) is 18.5 Å². The van der Waals surface area contributed by atoms with E-state index in [1.807, 2.05) is 0 Å². The van der Waals surface area contributed by atoms with E-state index in [0.29, 0.717) is 0 Å². The SMILES string of the molecule is CCCCCCCCCCCCCCCCCCCOc1ccccc1OCCCCCCCCCCCCCCCCCCC. The van der Waals surface area contributed by atoms with E-state index >= 15 is 0 Å². The van der Waals surface area contributed by atoms with Crippen molar-refractivity contribution < 1.29 is 9.47 Å². The molecule has 0 bridgehead atoms. The summed E-state index contributed by atoms with van der Waals surface area (Å²) in [5.74, 6) is 1.84. The number of hydrogen-bond donors (Lipinski definition) is 0. The van der Waals surface area contributed by atoms with Crippen LogP contribution >= 0.6 is 0 Å². The molecule has 1 rings (SSSR count). The molecule has 0 aromatic heterocycles. The molecule has 1 aromatic carbocycles. The Morgan fingerprint density at radius 1 is 0.283 bits per heavy atom. The van der Waals surface area contributed by atoms with Crippen LogP contribution in [0.25, 0.3) is 0 Å². The zero-order chi connectivity index (χ0) is 32.9. The molecule has 0 fully saturated rings. The number of rotatable bonds is 38. The fourth-order valence-electron chi connectivity index (χ4n) is 6.71. The van der Waals surface area contributed by atoms with Crippen LogP contribution in [-0.2, 0) is 0 Å². The Morgan fingerprint density at radius 2 is 0.478 bits per heavy atom. The largest absolute Gasteiger partial charge is 0.490 e. The Morgan fingerprint density at radius 3 is 0.696 bits per heavy atom. The Labute approximate surface area is 290 Å². The predicted molar refractivity (Wildman–Crippen MR) is 206 cm³/mol. The molecule has 2 nitrogen and oxygen atoms in total. The van der Waals surface area contributed by atoms with E-state index < -0.39 is 0 Å². The minimum absolute atomic E-state index is 0.804. The number of unbranched alkanes of at least 4 members (excludes halogenated alkanes) is 32. The van der Waals surface area contributed by atoms with Gasteiger partial charge in [-0.25, -0.2) is 0 Å². The number of hydrogen-bond acceptors (Lipinski definition) is 2. The van der Waals surface area contributed by atoms with Gasteiger partial charge in [-0.05, 0) is 25.0 Å². The first kappa shape index (κ1) is 42.8. The van der Waals surface area contributed by atoms with Crippen molar-refractivity contribution >= 4 is 0 Å². The highest BCUT2D eigenvalue weighted by atomic mass is 16.5. The van der Waals surface area contributed by atoms with Gasteiger partial charge in [0, 0.05) is 0 Å². The van der Waals surface area contributed by atoms with Crippen molar-refractivity contribution in [2.24, 2.45) is 0 Å². The summed E-state index contributed by atoms with van der Waals surface area (Å²) in [4.78, 5) is 0. The highest BCUT2D eigenvalue weighted by Gasteiger charge is 2.04. The third kappa shape index (κ3) is 30.2. The van der Waals surface area contributed by atoms with E-state index in [1.54, 1.807) is 0 Å². The smallest absolute Gasteiger partial charge is 0.161 e. The Bertz CT molecular complexity index is 642. The Balaban J connectivity index is 1.85. The lowest BCUT2D eigenvalue weighted by molar-refractivity contribution is 0.258. The quantitative estimate of drug-likeness (QED) is 0.0668. The van der Waals surface area contributed by atoms with E-state index in [4.69, 9.17) is 9.47 Å². The number of ether oxygens (including phenoxy) is 2. The zero-order valence-electron chi connectivity index (χ0n) is 31.6. The second kappa shape index (κ2) is 36.7. The lowest BCUT2D eigenvalue weighted by Crippen LogP contribution is -2.02. The lowest BCUT2D eigenvalue weighted by Gasteiger charge is -2.12. The molecule has 0 amide bonds. The van der Waals surface area contributed by atoms with Gasteiger partial charge in [-0.2, -0.15) is 0 Å². The van der Waals surface area contributed by atoms with Gasteiger partial charge >= 0.3 is 0 Å². The maximum absolute atomic E-state index is 6.12. The first-order valence-electron chi connectivity index (χ1n) is 21.2. The van der Waals surface area contributed by atoms with Crippen molar-refractivity contribution in [1.82, 2.24) is 0 Å². The van der Waals surface area contributed by atoms with Crippen LogP contribution in [-0.4, -0.2) is 13.2 Å². The van der Waals surface area contributed by atoms with E-state index in [1.165, 1.54) is 205 Å². The van der Waals surface area contributed by atoms with E-state index in [9.17, 15) is 0 Å². The number of para-hydroxylation sites is 2. The summed E-state index contributed by atoms with van der Waals surface area (Å²) < 4.78 is 12.2. The molecule has 0 saturated carbocycles. The van der Waals surface area contributed by atoms with Gasteiger partial charge < -0.3 is 9.47 Å². The van der Waals surface area contributed by atoms with Gasteiger partial charge in [0.15, 0.2) is 11.5 Å². The summed E-state index contributed by atoms with van der Waals surface area (Å²) >= 11 is 0. The molecule has 0 heterocycles. The van der Waals surface area contributed by atoms with Crippen LogP contribution in [0.1, 0.15) is 232 Å². The molecule has 46 heavy (non-hydrogen) atoms. The van der Waals surface area contributed by atoms with Crippen LogP contribution in [0, 0.1) is 0 Å². The molecule has 0 spiro atoms.